The molecule has 160 valence electrons. The minimum Gasteiger partial charge on any atom is -0.478 e. The first kappa shape index (κ1) is 22.9. The molecule has 0 saturated carbocycles. The zero-order valence-electron chi connectivity index (χ0n) is 17.3. The van der Waals surface area contributed by atoms with Gasteiger partial charge in [-0.2, -0.15) is 0 Å². The Kier molecular flexibility index (Phi) is 7.37. The largest absolute Gasteiger partial charge is 0.478 e. The smallest absolute Gasteiger partial charge is 0.335 e. The Morgan fingerprint density at radius 1 is 1.03 bits per heavy atom. The summed E-state index contributed by atoms with van der Waals surface area (Å²) in [4.78, 5) is 23.7. The van der Waals surface area contributed by atoms with Crippen LogP contribution >= 0.6 is 23.2 Å². The highest BCUT2D eigenvalue weighted by molar-refractivity contribution is 6.35. The molecule has 0 fully saturated rings. The molecule has 2 aromatic carbocycles. The molecule has 31 heavy (non-hydrogen) atoms. The van der Waals surface area contributed by atoms with E-state index in [1.54, 1.807) is 28.8 Å². The van der Waals surface area contributed by atoms with E-state index in [4.69, 9.17) is 28.3 Å². The lowest BCUT2D eigenvalue weighted by molar-refractivity contribution is 0.0697. The molecule has 1 aromatic heterocycles. The molecule has 0 aliphatic heterocycles. The molecular weight excluding hydrogens is 433 g/mol. The van der Waals surface area contributed by atoms with Crippen molar-refractivity contribution in [3.63, 3.8) is 0 Å². The van der Waals surface area contributed by atoms with Gasteiger partial charge in [0.2, 0.25) is 0 Å². The molecule has 0 spiro atoms. The molecule has 0 radical (unpaired) electrons. The van der Waals surface area contributed by atoms with Crippen LogP contribution in [0.5, 0.6) is 0 Å². The van der Waals surface area contributed by atoms with Crippen molar-refractivity contribution in [1.82, 2.24) is 4.57 Å². The summed E-state index contributed by atoms with van der Waals surface area (Å²) in [5.41, 5.74) is 3.63. The monoisotopic (exact) mass is 455 g/mol. The van der Waals surface area contributed by atoms with Gasteiger partial charge in [0.25, 0.3) is 5.56 Å². The van der Waals surface area contributed by atoms with Gasteiger partial charge < -0.3 is 9.67 Å². The molecule has 3 aromatic rings. The average Bonchev–Trinajstić information content (AvgIpc) is 2.75. The summed E-state index contributed by atoms with van der Waals surface area (Å²) in [5.74, 6) is -0.559. The Morgan fingerprint density at radius 3 is 2.39 bits per heavy atom. The van der Waals surface area contributed by atoms with Crippen LogP contribution in [0.3, 0.4) is 0 Å². The molecule has 0 unspecified atom stereocenters. The van der Waals surface area contributed by atoms with Crippen molar-refractivity contribution >= 4 is 41.3 Å². The fourth-order valence-electron chi connectivity index (χ4n) is 3.26. The van der Waals surface area contributed by atoms with E-state index in [1.165, 1.54) is 11.6 Å². The SMILES string of the molecule is CC(C)c1cccc(C=Cc2c(Cl)cc(Cl)c(=O)n2CCc2ccc(C(=O)O)cc2)c1. The second-order valence-corrected chi connectivity index (χ2v) is 8.41. The lowest BCUT2D eigenvalue weighted by Crippen LogP contribution is -2.24. The van der Waals surface area contributed by atoms with Gasteiger partial charge in [-0.05, 0) is 53.3 Å². The summed E-state index contributed by atoms with van der Waals surface area (Å²) in [6.07, 6.45) is 4.28. The summed E-state index contributed by atoms with van der Waals surface area (Å²) in [6.45, 7) is 4.64. The molecule has 4 nitrogen and oxygen atoms in total. The number of hydrogen-bond acceptors (Lipinski definition) is 2. The number of carboxylic acid groups (broad SMARTS) is 1. The molecular formula is C25H23Cl2NO3. The summed E-state index contributed by atoms with van der Waals surface area (Å²) < 4.78 is 1.55. The predicted octanol–water partition coefficient (Wildman–Crippen LogP) is 6.39. The van der Waals surface area contributed by atoms with Gasteiger partial charge >= 0.3 is 5.97 Å². The first-order valence-corrected chi connectivity index (χ1v) is 10.7. The van der Waals surface area contributed by atoms with Gasteiger partial charge in [-0.15, -0.1) is 0 Å². The second kappa shape index (κ2) is 9.99. The number of carbonyl (C=O) groups is 1. The predicted molar refractivity (Wildman–Crippen MR) is 127 cm³/mol. The number of aromatic carboxylic acids is 1. The fourth-order valence-corrected chi connectivity index (χ4v) is 3.80. The standard InChI is InChI=1S/C25H23Cl2NO3/c1-16(2)20-5-3-4-18(14-20)8-11-23-21(26)15-22(27)24(29)28(23)13-12-17-6-9-19(10-7-17)25(30)31/h3-11,14-16H,12-13H2,1-2H3,(H,30,31). The Bertz CT molecular complexity index is 1180. The summed E-state index contributed by atoms with van der Waals surface area (Å²) in [6, 6.07) is 16.3. The van der Waals surface area contributed by atoms with E-state index in [2.05, 4.69) is 26.0 Å². The topological polar surface area (TPSA) is 59.3 Å². The number of rotatable bonds is 7. The van der Waals surface area contributed by atoms with Gasteiger partial charge in [-0.3, -0.25) is 4.79 Å². The number of halogens is 2. The second-order valence-electron chi connectivity index (χ2n) is 7.59. The fraction of sp³-hybridized carbons (Fsp3) is 0.200. The first-order valence-electron chi connectivity index (χ1n) is 9.95. The van der Waals surface area contributed by atoms with Gasteiger partial charge in [-0.1, -0.05) is 79.5 Å². The maximum Gasteiger partial charge on any atom is 0.335 e. The average molecular weight is 456 g/mol. The highest BCUT2D eigenvalue weighted by Gasteiger charge is 2.11. The lowest BCUT2D eigenvalue weighted by atomic mass is 10.0. The minimum absolute atomic E-state index is 0.0604. The van der Waals surface area contributed by atoms with E-state index in [0.717, 1.165) is 11.1 Å². The normalized spacial score (nSPS) is 11.4. The van der Waals surface area contributed by atoms with E-state index in [1.807, 2.05) is 24.3 Å². The molecule has 0 aliphatic carbocycles. The third kappa shape index (κ3) is 5.66. The summed E-state index contributed by atoms with van der Waals surface area (Å²) in [7, 11) is 0. The third-order valence-corrected chi connectivity index (χ3v) is 5.65. The van der Waals surface area contributed by atoms with E-state index in [9.17, 15) is 9.59 Å². The van der Waals surface area contributed by atoms with E-state index < -0.39 is 5.97 Å². The van der Waals surface area contributed by atoms with Gasteiger partial charge in [-0.25, -0.2) is 4.79 Å². The van der Waals surface area contributed by atoms with Crippen LogP contribution in [0.15, 0.2) is 59.4 Å². The van der Waals surface area contributed by atoms with Crippen molar-refractivity contribution in [3.8, 4) is 0 Å². The number of benzene rings is 2. The maximum absolute atomic E-state index is 12.7. The van der Waals surface area contributed by atoms with Crippen LogP contribution in [-0.2, 0) is 13.0 Å². The Hall–Kier alpha value is -2.82. The molecule has 0 saturated heterocycles. The number of nitrogens with zero attached hydrogens (tertiary/aromatic N) is 1. The zero-order valence-corrected chi connectivity index (χ0v) is 18.8. The molecule has 1 heterocycles. The van der Waals surface area contributed by atoms with Crippen LogP contribution in [0.2, 0.25) is 10.0 Å². The minimum atomic E-state index is -0.974. The van der Waals surface area contributed by atoms with E-state index in [-0.39, 0.29) is 16.1 Å². The molecule has 0 amide bonds. The number of carboxylic acids is 1. The Labute approximate surface area is 191 Å². The van der Waals surface area contributed by atoms with Crippen molar-refractivity contribution in [2.75, 3.05) is 0 Å². The number of aromatic nitrogens is 1. The highest BCUT2D eigenvalue weighted by atomic mass is 35.5. The van der Waals surface area contributed by atoms with Crippen LogP contribution in [-0.4, -0.2) is 15.6 Å². The highest BCUT2D eigenvalue weighted by Crippen LogP contribution is 2.22. The van der Waals surface area contributed by atoms with E-state index >= 15 is 0 Å². The first-order chi connectivity index (χ1) is 14.8. The molecule has 3 rings (SSSR count). The molecule has 0 atom stereocenters. The summed E-state index contributed by atoms with van der Waals surface area (Å²) >= 11 is 12.5. The van der Waals surface area contributed by atoms with Crippen molar-refractivity contribution < 1.29 is 9.90 Å². The van der Waals surface area contributed by atoms with Gasteiger partial charge in [0.15, 0.2) is 0 Å². The van der Waals surface area contributed by atoms with Crippen LogP contribution in [0, 0.1) is 0 Å². The van der Waals surface area contributed by atoms with Crippen molar-refractivity contribution in [2.45, 2.75) is 32.7 Å². The number of hydrogen-bond donors (Lipinski definition) is 1. The number of pyridine rings is 1. The van der Waals surface area contributed by atoms with Crippen molar-refractivity contribution in [1.29, 1.82) is 0 Å². The van der Waals surface area contributed by atoms with Crippen LogP contribution in [0.25, 0.3) is 12.2 Å². The maximum atomic E-state index is 12.7. The molecule has 1 N–H and O–H groups in total. The van der Waals surface area contributed by atoms with Crippen LogP contribution in [0.4, 0.5) is 0 Å². The lowest BCUT2D eigenvalue weighted by Gasteiger charge is -2.13. The van der Waals surface area contributed by atoms with Gasteiger partial charge in [0.1, 0.15) is 5.02 Å². The van der Waals surface area contributed by atoms with Crippen LogP contribution in [0.1, 0.15) is 52.5 Å². The molecule has 0 aliphatic rings. The molecule has 0 bridgehead atoms. The number of aryl methyl sites for hydroxylation is 1. The van der Waals surface area contributed by atoms with Crippen molar-refractivity contribution in [2.24, 2.45) is 0 Å². The molecule has 6 heteroatoms. The Balaban J connectivity index is 1.90. The quantitative estimate of drug-likeness (QED) is 0.448. The zero-order chi connectivity index (χ0) is 22.5. The van der Waals surface area contributed by atoms with Gasteiger partial charge in [0.05, 0.1) is 16.3 Å². The Morgan fingerprint density at radius 2 is 1.74 bits per heavy atom. The van der Waals surface area contributed by atoms with E-state index in [0.29, 0.717) is 29.6 Å². The van der Waals surface area contributed by atoms with Crippen LogP contribution < -0.4 is 5.56 Å². The summed E-state index contributed by atoms with van der Waals surface area (Å²) in [5, 5.41) is 9.49. The van der Waals surface area contributed by atoms with Gasteiger partial charge in [0, 0.05) is 6.54 Å². The van der Waals surface area contributed by atoms with Crippen molar-refractivity contribution in [3.05, 3.63) is 103 Å². The third-order valence-electron chi connectivity index (χ3n) is 5.07.